The van der Waals surface area contributed by atoms with E-state index in [1.807, 2.05) is 0 Å². The highest BCUT2D eigenvalue weighted by atomic mass is 35.5. The van der Waals surface area contributed by atoms with Crippen LogP contribution >= 0.6 is 23.4 Å². The zero-order chi connectivity index (χ0) is 20.3. The van der Waals surface area contributed by atoms with Gasteiger partial charge in [-0.3, -0.25) is 9.36 Å². The molecule has 0 bridgehead atoms. The molecular formula is C18H20ClN3O4S2. The van der Waals surface area contributed by atoms with Gasteiger partial charge in [-0.15, -0.1) is 0 Å². The fourth-order valence-corrected chi connectivity index (χ4v) is 4.73. The van der Waals surface area contributed by atoms with Crippen molar-refractivity contribution in [3.63, 3.8) is 0 Å². The number of sulfonamides is 1. The van der Waals surface area contributed by atoms with Gasteiger partial charge in [-0.2, -0.15) is 0 Å². The molecule has 10 heteroatoms. The third-order valence-electron chi connectivity index (χ3n) is 4.11. The SMILES string of the molecule is CN(C)S(=O)(=O)CCCSc1nc2cc(Cl)ccc2c(=O)n1Cc1ccco1. The zero-order valence-electron chi connectivity index (χ0n) is 15.5. The maximum Gasteiger partial charge on any atom is 0.262 e. The van der Waals surface area contributed by atoms with Crippen molar-refractivity contribution in [2.45, 2.75) is 18.1 Å². The first-order chi connectivity index (χ1) is 13.3. The summed E-state index contributed by atoms with van der Waals surface area (Å²) in [6, 6.07) is 8.51. The van der Waals surface area contributed by atoms with E-state index in [0.717, 1.165) is 0 Å². The second-order valence-electron chi connectivity index (χ2n) is 6.33. The fraction of sp³-hybridized carbons (Fsp3) is 0.333. The van der Waals surface area contributed by atoms with E-state index in [-0.39, 0.29) is 17.9 Å². The minimum Gasteiger partial charge on any atom is -0.467 e. The Bertz CT molecular complexity index is 1130. The minimum atomic E-state index is -3.25. The van der Waals surface area contributed by atoms with Crippen molar-refractivity contribution in [2.24, 2.45) is 0 Å². The molecule has 0 amide bonds. The number of furan rings is 1. The lowest BCUT2D eigenvalue weighted by atomic mass is 10.2. The molecule has 2 heterocycles. The average molecular weight is 442 g/mol. The summed E-state index contributed by atoms with van der Waals surface area (Å²) < 4.78 is 31.9. The van der Waals surface area contributed by atoms with Crippen molar-refractivity contribution in [1.29, 1.82) is 0 Å². The number of halogens is 1. The third-order valence-corrected chi connectivity index (χ3v) is 7.33. The molecule has 0 radical (unpaired) electrons. The molecule has 0 spiro atoms. The van der Waals surface area contributed by atoms with Crippen LogP contribution in [0.4, 0.5) is 0 Å². The zero-order valence-corrected chi connectivity index (χ0v) is 17.9. The Morgan fingerprint density at radius 1 is 1.29 bits per heavy atom. The molecule has 0 aliphatic heterocycles. The molecule has 3 aromatic rings. The average Bonchev–Trinajstić information content (AvgIpc) is 3.14. The quantitative estimate of drug-likeness (QED) is 0.303. The number of rotatable bonds is 8. The van der Waals surface area contributed by atoms with Crippen molar-refractivity contribution < 1.29 is 12.8 Å². The van der Waals surface area contributed by atoms with Crippen molar-refractivity contribution in [2.75, 3.05) is 25.6 Å². The van der Waals surface area contributed by atoms with Crippen molar-refractivity contribution in [3.8, 4) is 0 Å². The number of benzene rings is 1. The lowest BCUT2D eigenvalue weighted by molar-refractivity contribution is 0.476. The highest BCUT2D eigenvalue weighted by Crippen LogP contribution is 2.22. The molecule has 0 aliphatic rings. The molecule has 0 fully saturated rings. The normalized spacial score (nSPS) is 12.1. The van der Waals surface area contributed by atoms with Gasteiger partial charge in [0.1, 0.15) is 5.76 Å². The molecule has 3 rings (SSSR count). The molecule has 1 aromatic carbocycles. The summed E-state index contributed by atoms with van der Waals surface area (Å²) in [4.78, 5) is 17.6. The van der Waals surface area contributed by atoms with Gasteiger partial charge in [-0.1, -0.05) is 23.4 Å². The van der Waals surface area contributed by atoms with Gasteiger partial charge >= 0.3 is 0 Å². The molecule has 0 saturated carbocycles. The molecule has 2 aromatic heterocycles. The van der Waals surface area contributed by atoms with E-state index >= 15 is 0 Å². The van der Waals surface area contributed by atoms with Crippen LogP contribution < -0.4 is 5.56 Å². The van der Waals surface area contributed by atoms with Crippen LogP contribution in [0.1, 0.15) is 12.2 Å². The van der Waals surface area contributed by atoms with Gasteiger partial charge in [0.2, 0.25) is 10.0 Å². The van der Waals surface area contributed by atoms with Crippen LogP contribution in [0.15, 0.2) is 51.0 Å². The van der Waals surface area contributed by atoms with Gasteiger partial charge in [-0.25, -0.2) is 17.7 Å². The summed E-state index contributed by atoms with van der Waals surface area (Å²) in [7, 11) is -0.230. The lowest BCUT2D eigenvalue weighted by Gasteiger charge is -2.13. The molecule has 0 N–H and O–H groups in total. The maximum absolute atomic E-state index is 13.0. The fourth-order valence-electron chi connectivity index (χ4n) is 2.57. The molecule has 7 nitrogen and oxygen atoms in total. The van der Waals surface area contributed by atoms with Crippen LogP contribution in [0.25, 0.3) is 10.9 Å². The van der Waals surface area contributed by atoms with Crippen LogP contribution in [-0.2, 0) is 16.6 Å². The van der Waals surface area contributed by atoms with E-state index < -0.39 is 10.0 Å². The van der Waals surface area contributed by atoms with Gasteiger partial charge in [0.15, 0.2) is 5.16 Å². The van der Waals surface area contributed by atoms with Crippen LogP contribution in [0.5, 0.6) is 0 Å². The first kappa shape index (κ1) is 20.9. The smallest absolute Gasteiger partial charge is 0.262 e. The van der Waals surface area contributed by atoms with E-state index in [1.54, 1.807) is 41.2 Å². The van der Waals surface area contributed by atoms with Gasteiger partial charge in [0.05, 0.1) is 29.5 Å². The number of fused-ring (bicyclic) bond motifs is 1. The highest BCUT2D eigenvalue weighted by Gasteiger charge is 2.16. The molecule has 0 atom stereocenters. The van der Waals surface area contributed by atoms with Gasteiger partial charge < -0.3 is 4.42 Å². The first-order valence-corrected chi connectivity index (χ1v) is 11.5. The monoisotopic (exact) mass is 441 g/mol. The Labute approximate surface area is 172 Å². The third kappa shape index (κ3) is 4.78. The van der Waals surface area contributed by atoms with E-state index in [4.69, 9.17) is 16.0 Å². The summed E-state index contributed by atoms with van der Waals surface area (Å²) in [6.07, 6.45) is 1.99. The number of hydrogen-bond acceptors (Lipinski definition) is 6. The molecule has 150 valence electrons. The van der Waals surface area contributed by atoms with Crippen LogP contribution in [-0.4, -0.2) is 47.9 Å². The Morgan fingerprint density at radius 2 is 2.07 bits per heavy atom. The second-order valence-corrected chi connectivity index (χ2v) is 10.1. The van der Waals surface area contributed by atoms with Gasteiger partial charge in [-0.05, 0) is 36.8 Å². The Kier molecular flexibility index (Phi) is 6.49. The summed E-state index contributed by atoms with van der Waals surface area (Å²) in [5.41, 5.74) is 0.318. The number of nitrogens with zero attached hydrogens (tertiary/aromatic N) is 3. The van der Waals surface area contributed by atoms with E-state index in [1.165, 1.54) is 30.2 Å². The van der Waals surface area contributed by atoms with Crippen molar-refractivity contribution in [1.82, 2.24) is 13.9 Å². The van der Waals surface area contributed by atoms with E-state index in [9.17, 15) is 13.2 Å². The summed E-state index contributed by atoms with van der Waals surface area (Å²) in [6.45, 7) is 0.246. The number of thioether (sulfide) groups is 1. The minimum absolute atomic E-state index is 0.0365. The lowest BCUT2D eigenvalue weighted by Crippen LogP contribution is -2.25. The standard InChI is InChI=1S/C18H20ClN3O4S2/c1-21(2)28(24,25)10-4-9-27-18-20-16-11-13(19)6-7-15(16)17(23)22(18)12-14-5-3-8-26-14/h3,5-8,11H,4,9-10,12H2,1-2H3. The molecule has 28 heavy (non-hydrogen) atoms. The number of hydrogen-bond donors (Lipinski definition) is 0. The summed E-state index contributed by atoms with van der Waals surface area (Å²) >= 11 is 7.38. The molecular weight excluding hydrogens is 422 g/mol. The highest BCUT2D eigenvalue weighted by molar-refractivity contribution is 7.99. The van der Waals surface area contributed by atoms with Crippen LogP contribution in [0, 0.1) is 0 Å². The predicted octanol–water partition coefficient (Wildman–Crippen LogP) is 3.06. The summed E-state index contributed by atoms with van der Waals surface area (Å²) in [5, 5.41) is 1.46. The Morgan fingerprint density at radius 3 is 2.75 bits per heavy atom. The van der Waals surface area contributed by atoms with Crippen LogP contribution in [0.3, 0.4) is 0 Å². The molecule has 0 aliphatic carbocycles. The van der Waals surface area contributed by atoms with Gasteiger partial charge in [0.25, 0.3) is 5.56 Å². The Balaban J connectivity index is 1.89. The van der Waals surface area contributed by atoms with Crippen molar-refractivity contribution >= 4 is 44.3 Å². The topological polar surface area (TPSA) is 85.4 Å². The molecule has 0 saturated heterocycles. The predicted molar refractivity (Wildman–Crippen MR) is 112 cm³/mol. The number of aromatic nitrogens is 2. The van der Waals surface area contributed by atoms with E-state index in [2.05, 4.69) is 4.98 Å². The maximum atomic E-state index is 13.0. The molecule has 0 unspecified atom stereocenters. The van der Waals surface area contributed by atoms with Gasteiger partial charge in [0, 0.05) is 24.9 Å². The Hall–Kier alpha value is -1.81. The first-order valence-electron chi connectivity index (χ1n) is 8.53. The summed E-state index contributed by atoms with van der Waals surface area (Å²) in [5.74, 6) is 1.17. The van der Waals surface area contributed by atoms with Crippen LogP contribution in [0.2, 0.25) is 5.02 Å². The largest absolute Gasteiger partial charge is 0.467 e. The van der Waals surface area contributed by atoms with E-state index in [0.29, 0.717) is 39.0 Å². The van der Waals surface area contributed by atoms with Crippen molar-refractivity contribution in [3.05, 3.63) is 57.7 Å². The second kappa shape index (κ2) is 8.69.